The Morgan fingerprint density at radius 1 is 0.500 bits per heavy atom. The number of amides is 9. The molecule has 9 amide bonds. The first-order chi connectivity index (χ1) is 24.3. The standard InChI is InChI=1S/C15H29N5O4.C14H23N5O7.C2H6/c1-6-16-8-13(22)20(5)11-15(24)19(4)10-12(21)17-9-14(23)18(3)7-2;1-17(9-20)6-10(21)15-4-12(23)19(3)8-13(24)18(2)7-11(22)16-5-14(25)26;1-2/h16H,6-11H2,1-5H3,(H,17,21);9H,4-8H2,1-3H3,(H,15,21)(H,16,22)(H,25,26);1-2H3. The van der Waals surface area contributed by atoms with Crippen LogP contribution >= 0.6 is 0 Å². The highest BCUT2D eigenvalue weighted by Crippen LogP contribution is 1.93. The van der Waals surface area contributed by atoms with Gasteiger partial charge in [0.2, 0.25) is 53.7 Å². The number of carboxylic acids is 1. The molecule has 0 saturated carbocycles. The number of carbonyl (C=O) groups is 10. The van der Waals surface area contributed by atoms with Crippen molar-refractivity contribution in [3.8, 4) is 0 Å². The summed E-state index contributed by atoms with van der Waals surface area (Å²) in [5, 5.41) is 18.2. The summed E-state index contributed by atoms with van der Waals surface area (Å²) in [6, 6.07) is 0. The fourth-order valence-corrected chi connectivity index (χ4v) is 3.20. The summed E-state index contributed by atoms with van der Waals surface area (Å²) < 4.78 is 0. The van der Waals surface area contributed by atoms with Gasteiger partial charge in [0.25, 0.3) is 0 Å². The molecular formula is C31H58N10O11. The molecule has 0 aromatic heterocycles. The van der Waals surface area contributed by atoms with Crippen LogP contribution in [-0.2, 0) is 47.9 Å². The molecule has 298 valence electrons. The summed E-state index contributed by atoms with van der Waals surface area (Å²) in [6.07, 6.45) is 0.467. The summed E-state index contributed by atoms with van der Waals surface area (Å²) >= 11 is 0. The maximum atomic E-state index is 12.0. The molecule has 5 N–H and O–H groups in total. The van der Waals surface area contributed by atoms with Gasteiger partial charge in [-0.3, -0.25) is 47.9 Å². The Labute approximate surface area is 305 Å². The van der Waals surface area contributed by atoms with E-state index in [1.54, 1.807) is 7.05 Å². The van der Waals surface area contributed by atoms with Crippen LogP contribution in [0.2, 0.25) is 0 Å². The molecule has 0 aliphatic rings. The molecule has 52 heavy (non-hydrogen) atoms. The molecule has 0 atom stereocenters. The lowest BCUT2D eigenvalue weighted by Crippen LogP contribution is -2.46. The lowest BCUT2D eigenvalue weighted by molar-refractivity contribution is -0.141. The second-order valence-electron chi connectivity index (χ2n) is 10.9. The largest absolute Gasteiger partial charge is 0.480 e. The fraction of sp³-hybridized carbons (Fsp3) is 0.677. The zero-order chi connectivity index (χ0) is 41.0. The minimum atomic E-state index is -1.21. The molecule has 0 unspecified atom stereocenters. The van der Waals surface area contributed by atoms with Crippen molar-refractivity contribution in [1.29, 1.82) is 0 Å². The maximum Gasteiger partial charge on any atom is 0.322 e. The summed E-state index contributed by atoms with van der Waals surface area (Å²) in [5.74, 6) is -4.64. The van der Waals surface area contributed by atoms with Crippen LogP contribution in [0.1, 0.15) is 27.7 Å². The van der Waals surface area contributed by atoms with Gasteiger partial charge in [-0.15, -0.1) is 0 Å². The Bertz CT molecular complexity index is 1200. The number of carboxylic acid groups (broad SMARTS) is 1. The van der Waals surface area contributed by atoms with Gasteiger partial charge in [0.05, 0.1) is 52.4 Å². The average molecular weight is 747 g/mol. The van der Waals surface area contributed by atoms with Crippen molar-refractivity contribution in [2.45, 2.75) is 27.7 Å². The van der Waals surface area contributed by atoms with Crippen LogP contribution in [-0.4, -0.2) is 208 Å². The highest BCUT2D eigenvalue weighted by Gasteiger charge is 2.20. The Balaban J connectivity index is -0.000000883. The van der Waals surface area contributed by atoms with E-state index in [-0.39, 0.29) is 70.1 Å². The molecule has 0 aromatic carbocycles. The lowest BCUT2D eigenvalue weighted by atomic mass is 10.4. The molecule has 0 saturated heterocycles. The van der Waals surface area contributed by atoms with Crippen LogP contribution in [0.15, 0.2) is 0 Å². The smallest absolute Gasteiger partial charge is 0.322 e. The monoisotopic (exact) mass is 746 g/mol. The predicted octanol–water partition coefficient (Wildman–Crippen LogP) is -4.56. The van der Waals surface area contributed by atoms with Crippen molar-refractivity contribution in [3.63, 3.8) is 0 Å². The van der Waals surface area contributed by atoms with Gasteiger partial charge in [-0.2, -0.15) is 0 Å². The number of hydrogen-bond donors (Lipinski definition) is 5. The maximum absolute atomic E-state index is 12.0. The normalized spacial score (nSPS) is 9.58. The zero-order valence-electron chi connectivity index (χ0n) is 32.1. The molecule has 0 bridgehead atoms. The molecule has 21 nitrogen and oxygen atoms in total. The Hall–Kier alpha value is -5.34. The van der Waals surface area contributed by atoms with E-state index in [1.165, 1.54) is 49.9 Å². The molecule has 0 aliphatic carbocycles. The molecule has 0 fully saturated rings. The molecule has 0 heterocycles. The van der Waals surface area contributed by atoms with Crippen molar-refractivity contribution in [2.24, 2.45) is 0 Å². The molecular weight excluding hydrogens is 688 g/mol. The first-order valence-corrected chi connectivity index (χ1v) is 16.4. The predicted molar refractivity (Wildman–Crippen MR) is 189 cm³/mol. The second kappa shape index (κ2) is 29.4. The van der Waals surface area contributed by atoms with Crippen LogP contribution < -0.4 is 21.3 Å². The summed E-state index contributed by atoms with van der Waals surface area (Å²) in [6.45, 7) is 6.93. The van der Waals surface area contributed by atoms with Gasteiger partial charge in [0.15, 0.2) is 0 Å². The third-order valence-corrected chi connectivity index (χ3v) is 6.52. The van der Waals surface area contributed by atoms with Gasteiger partial charge in [-0.25, -0.2) is 0 Å². The lowest BCUT2D eigenvalue weighted by Gasteiger charge is -2.22. The third-order valence-electron chi connectivity index (χ3n) is 6.52. The fourth-order valence-electron chi connectivity index (χ4n) is 3.20. The zero-order valence-corrected chi connectivity index (χ0v) is 32.1. The molecule has 0 radical (unpaired) electrons. The van der Waals surface area contributed by atoms with Gasteiger partial charge in [0, 0.05) is 48.8 Å². The van der Waals surface area contributed by atoms with Crippen molar-refractivity contribution < 1.29 is 53.1 Å². The number of likely N-dealkylation sites (N-methyl/N-ethyl adjacent to an activating group) is 7. The van der Waals surface area contributed by atoms with E-state index in [1.807, 2.05) is 27.7 Å². The second-order valence-corrected chi connectivity index (χ2v) is 10.9. The van der Waals surface area contributed by atoms with Gasteiger partial charge in [0.1, 0.15) is 6.54 Å². The number of hydrogen-bond acceptors (Lipinski definition) is 11. The number of aliphatic carboxylic acids is 1. The summed E-state index contributed by atoms with van der Waals surface area (Å²) in [4.78, 5) is 122. The molecule has 0 spiro atoms. The highest BCUT2D eigenvalue weighted by molar-refractivity contribution is 5.91. The summed E-state index contributed by atoms with van der Waals surface area (Å²) in [5.41, 5.74) is 0. The van der Waals surface area contributed by atoms with E-state index in [4.69, 9.17) is 5.11 Å². The van der Waals surface area contributed by atoms with E-state index < -0.39 is 42.0 Å². The van der Waals surface area contributed by atoms with Crippen LogP contribution in [0.3, 0.4) is 0 Å². The van der Waals surface area contributed by atoms with Gasteiger partial charge in [-0.05, 0) is 13.5 Å². The van der Waals surface area contributed by atoms with Crippen molar-refractivity contribution in [3.05, 3.63) is 0 Å². The van der Waals surface area contributed by atoms with Gasteiger partial charge >= 0.3 is 5.97 Å². The Kier molecular flexibility index (Phi) is 28.8. The number of carbonyl (C=O) groups excluding carboxylic acids is 9. The first-order valence-electron chi connectivity index (χ1n) is 16.4. The number of nitrogens with zero attached hydrogens (tertiary/aromatic N) is 6. The van der Waals surface area contributed by atoms with Crippen LogP contribution in [0.4, 0.5) is 0 Å². The van der Waals surface area contributed by atoms with Crippen LogP contribution in [0.5, 0.6) is 0 Å². The highest BCUT2D eigenvalue weighted by atomic mass is 16.4. The summed E-state index contributed by atoms with van der Waals surface area (Å²) in [7, 11) is 8.74. The molecule has 0 aromatic rings. The first kappa shape index (κ1) is 51.0. The van der Waals surface area contributed by atoms with E-state index in [9.17, 15) is 47.9 Å². The minimum absolute atomic E-state index is 0.105. The van der Waals surface area contributed by atoms with E-state index in [0.29, 0.717) is 19.5 Å². The third kappa shape index (κ3) is 25.6. The van der Waals surface area contributed by atoms with Crippen molar-refractivity contribution in [2.75, 3.05) is 114 Å². The Morgan fingerprint density at radius 3 is 1.21 bits per heavy atom. The van der Waals surface area contributed by atoms with Crippen LogP contribution in [0.25, 0.3) is 0 Å². The van der Waals surface area contributed by atoms with Crippen molar-refractivity contribution >= 4 is 59.6 Å². The SMILES string of the molecule is CC.CCNCC(=O)N(C)CC(=O)N(C)CC(=O)NCC(=O)N(C)CC.CN(C=O)CC(=O)NCC(=O)N(C)CC(=O)N(C)CC(=O)NCC(=O)O. The van der Waals surface area contributed by atoms with E-state index in [2.05, 4.69) is 21.3 Å². The van der Waals surface area contributed by atoms with E-state index >= 15 is 0 Å². The van der Waals surface area contributed by atoms with Gasteiger partial charge < -0.3 is 55.8 Å². The topological polar surface area (TPSA) is 258 Å². The molecule has 21 heteroatoms. The minimum Gasteiger partial charge on any atom is -0.480 e. The molecule has 0 rings (SSSR count). The Morgan fingerprint density at radius 2 is 0.846 bits per heavy atom. The van der Waals surface area contributed by atoms with Crippen LogP contribution in [0, 0.1) is 0 Å². The van der Waals surface area contributed by atoms with E-state index in [0.717, 1.165) is 14.7 Å². The number of nitrogens with one attached hydrogen (secondary N) is 4. The molecule has 0 aliphatic heterocycles. The average Bonchev–Trinajstić information content (AvgIpc) is 3.11. The van der Waals surface area contributed by atoms with Crippen molar-refractivity contribution in [1.82, 2.24) is 50.7 Å². The number of rotatable bonds is 21. The quantitative estimate of drug-likeness (QED) is 0.0696. The van der Waals surface area contributed by atoms with Gasteiger partial charge in [-0.1, -0.05) is 20.8 Å².